The van der Waals surface area contributed by atoms with Gasteiger partial charge in [0.1, 0.15) is 11.5 Å². The zero-order valence-electron chi connectivity index (χ0n) is 20.8. The number of nitrogens with one attached hydrogen (secondary N) is 1. The average molecular weight is 469 g/mol. The highest BCUT2D eigenvalue weighted by Gasteiger charge is 2.54. The van der Waals surface area contributed by atoms with E-state index in [1.807, 2.05) is 44.7 Å². The van der Waals surface area contributed by atoms with Crippen LogP contribution in [0.25, 0.3) is 0 Å². The molecule has 2 amide bonds. The quantitative estimate of drug-likeness (QED) is 0.623. The van der Waals surface area contributed by atoms with Gasteiger partial charge in [0.15, 0.2) is 0 Å². The summed E-state index contributed by atoms with van der Waals surface area (Å²) in [6.07, 6.45) is 1.30. The molecule has 1 N–H and O–H groups in total. The van der Waals surface area contributed by atoms with Gasteiger partial charge in [-0.05, 0) is 43.9 Å². The number of ether oxygens (including phenoxy) is 2. The maximum atomic E-state index is 13.2. The summed E-state index contributed by atoms with van der Waals surface area (Å²) in [5.74, 6) is 1.30. The van der Waals surface area contributed by atoms with Crippen LogP contribution in [-0.2, 0) is 19.7 Å². The molecule has 7 nitrogen and oxygen atoms in total. The molecule has 34 heavy (non-hydrogen) atoms. The van der Waals surface area contributed by atoms with Crippen LogP contribution in [-0.4, -0.2) is 56.2 Å². The number of likely N-dealkylation sites (tertiary alicyclic amines) is 1. The second-order valence-electron chi connectivity index (χ2n) is 9.79. The Labute approximate surface area is 201 Å². The SMILES string of the molecule is COCCO[C@@H]1[C@@H](NC(=O)C(C)C)c2ccccc2C12CCN(C(=O)c1cc(C)oc1C)CC2. The summed E-state index contributed by atoms with van der Waals surface area (Å²) in [6.45, 7) is 9.65. The lowest BCUT2D eigenvalue weighted by Crippen LogP contribution is -2.52. The predicted octanol–water partition coefficient (Wildman–Crippen LogP) is 3.93. The zero-order chi connectivity index (χ0) is 24.5. The van der Waals surface area contributed by atoms with Crippen LogP contribution in [0.3, 0.4) is 0 Å². The molecule has 1 aliphatic carbocycles. The Morgan fingerprint density at radius 3 is 2.50 bits per heavy atom. The van der Waals surface area contributed by atoms with Gasteiger partial charge in [-0.15, -0.1) is 0 Å². The minimum atomic E-state index is -0.280. The molecule has 2 atom stereocenters. The summed E-state index contributed by atoms with van der Waals surface area (Å²) >= 11 is 0. The van der Waals surface area contributed by atoms with Crippen molar-refractivity contribution in [2.24, 2.45) is 5.92 Å². The van der Waals surface area contributed by atoms with E-state index in [-0.39, 0.29) is 35.3 Å². The average Bonchev–Trinajstić information content (AvgIpc) is 3.28. The number of piperidine rings is 1. The van der Waals surface area contributed by atoms with E-state index in [0.29, 0.717) is 37.6 Å². The van der Waals surface area contributed by atoms with Crippen LogP contribution in [0, 0.1) is 19.8 Å². The van der Waals surface area contributed by atoms with Gasteiger partial charge in [-0.2, -0.15) is 0 Å². The third-order valence-corrected chi connectivity index (χ3v) is 7.30. The standard InChI is InChI=1S/C27H36N2O5/c1-17(2)25(30)28-23-20-8-6-7-9-22(20)27(24(23)33-15-14-32-5)10-12-29(13-11-27)26(31)21-16-18(3)34-19(21)4/h6-9,16-17,23-24H,10-15H2,1-5H3,(H,28,30)/t23-,24+/m0/s1. The summed E-state index contributed by atoms with van der Waals surface area (Å²) in [4.78, 5) is 27.9. The minimum absolute atomic E-state index is 0.00983. The van der Waals surface area contributed by atoms with E-state index in [2.05, 4.69) is 23.5 Å². The number of benzene rings is 1. The molecule has 2 aliphatic rings. The fourth-order valence-corrected chi connectivity index (χ4v) is 5.52. The first-order chi connectivity index (χ1) is 16.3. The van der Waals surface area contributed by atoms with Crippen LogP contribution >= 0.6 is 0 Å². The first kappa shape index (κ1) is 24.5. The molecule has 0 unspecified atom stereocenters. The third kappa shape index (κ3) is 4.39. The maximum Gasteiger partial charge on any atom is 0.257 e. The van der Waals surface area contributed by atoms with E-state index in [9.17, 15) is 9.59 Å². The molecule has 1 aromatic carbocycles. The van der Waals surface area contributed by atoms with Crippen molar-refractivity contribution < 1.29 is 23.5 Å². The maximum absolute atomic E-state index is 13.2. The molecule has 1 saturated heterocycles. The highest BCUT2D eigenvalue weighted by molar-refractivity contribution is 5.95. The van der Waals surface area contributed by atoms with Crippen molar-refractivity contribution in [3.05, 3.63) is 58.5 Å². The van der Waals surface area contributed by atoms with E-state index < -0.39 is 0 Å². The van der Waals surface area contributed by atoms with Crippen molar-refractivity contribution in [3.8, 4) is 0 Å². The summed E-state index contributed by atoms with van der Waals surface area (Å²) in [5, 5.41) is 3.26. The summed E-state index contributed by atoms with van der Waals surface area (Å²) < 4.78 is 17.3. The lowest BCUT2D eigenvalue weighted by atomic mass is 9.71. The molecule has 2 heterocycles. The van der Waals surface area contributed by atoms with Gasteiger partial charge in [0.25, 0.3) is 5.91 Å². The van der Waals surface area contributed by atoms with Crippen molar-refractivity contribution in [2.75, 3.05) is 33.4 Å². The fraction of sp³-hybridized carbons (Fsp3) is 0.556. The molecule has 2 aromatic rings. The molecule has 4 rings (SSSR count). The Morgan fingerprint density at radius 1 is 1.18 bits per heavy atom. The molecule has 1 spiro atoms. The van der Waals surface area contributed by atoms with Gasteiger partial charge in [0.2, 0.25) is 5.91 Å². The van der Waals surface area contributed by atoms with Crippen molar-refractivity contribution >= 4 is 11.8 Å². The number of furan rings is 1. The van der Waals surface area contributed by atoms with E-state index in [1.165, 1.54) is 5.56 Å². The number of methoxy groups -OCH3 is 1. The Morgan fingerprint density at radius 2 is 1.88 bits per heavy atom. The van der Waals surface area contributed by atoms with Crippen LogP contribution in [0.4, 0.5) is 0 Å². The van der Waals surface area contributed by atoms with E-state index in [0.717, 1.165) is 24.2 Å². The van der Waals surface area contributed by atoms with Gasteiger partial charge >= 0.3 is 0 Å². The lowest BCUT2D eigenvalue weighted by Gasteiger charge is -2.44. The van der Waals surface area contributed by atoms with Crippen molar-refractivity contribution in [1.29, 1.82) is 0 Å². The molecule has 1 aliphatic heterocycles. The monoisotopic (exact) mass is 468 g/mol. The lowest BCUT2D eigenvalue weighted by molar-refractivity contribution is -0.127. The molecule has 184 valence electrons. The van der Waals surface area contributed by atoms with E-state index >= 15 is 0 Å². The van der Waals surface area contributed by atoms with Gasteiger partial charge in [0, 0.05) is 31.5 Å². The normalized spacial score (nSPS) is 21.2. The molecular formula is C27H36N2O5. The number of carbonyl (C=O) groups excluding carboxylic acids is 2. The number of hydrogen-bond acceptors (Lipinski definition) is 5. The van der Waals surface area contributed by atoms with Crippen molar-refractivity contribution in [1.82, 2.24) is 10.2 Å². The molecular weight excluding hydrogens is 432 g/mol. The van der Waals surface area contributed by atoms with E-state index in [4.69, 9.17) is 13.9 Å². The fourth-order valence-electron chi connectivity index (χ4n) is 5.52. The van der Waals surface area contributed by atoms with Crippen LogP contribution in [0.1, 0.15) is 65.7 Å². The number of carbonyl (C=O) groups is 2. The van der Waals surface area contributed by atoms with Gasteiger partial charge in [0.05, 0.1) is 30.9 Å². The minimum Gasteiger partial charge on any atom is -0.466 e. The van der Waals surface area contributed by atoms with Gasteiger partial charge in [-0.25, -0.2) is 0 Å². The highest BCUT2D eigenvalue weighted by atomic mass is 16.5. The van der Waals surface area contributed by atoms with Crippen LogP contribution in [0.15, 0.2) is 34.7 Å². The Hall–Kier alpha value is -2.64. The van der Waals surface area contributed by atoms with Crippen molar-refractivity contribution in [3.63, 3.8) is 0 Å². The number of fused-ring (bicyclic) bond motifs is 2. The number of hydrogen-bond donors (Lipinski definition) is 1. The molecule has 0 saturated carbocycles. The van der Waals surface area contributed by atoms with Gasteiger partial charge in [-0.1, -0.05) is 38.1 Å². The Kier molecular flexibility index (Phi) is 7.14. The number of amides is 2. The number of nitrogens with zero attached hydrogens (tertiary/aromatic N) is 1. The molecule has 1 fully saturated rings. The van der Waals surface area contributed by atoms with Crippen molar-refractivity contribution in [2.45, 2.75) is 58.1 Å². The first-order valence-electron chi connectivity index (χ1n) is 12.1. The second kappa shape index (κ2) is 9.92. The van der Waals surface area contributed by atoms with E-state index in [1.54, 1.807) is 7.11 Å². The van der Waals surface area contributed by atoms with Crippen LogP contribution < -0.4 is 5.32 Å². The molecule has 0 bridgehead atoms. The third-order valence-electron chi connectivity index (χ3n) is 7.30. The topological polar surface area (TPSA) is 81.0 Å². The predicted molar refractivity (Wildman–Crippen MR) is 129 cm³/mol. The first-order valence-corrected chi connectivity index (χ1v) is 12.1. The summed E-state index contributed by atoms with van der Waals surface area (Å²) in [7, 11) is 1.66. The number of rotatable bonds is 7. The summed E-state index contributed by atoms with van der Waals surface area (Å²) in [5.41, 5.74) is 2.68. The smallest absolute Gasteiger partial charge is 0.257 e. The largest absolute Gasteiger partial charge is 0.466 e. The Balaban J connectivity index is 1.62. The number of aryl methyl sites for hydroxylation is 2. The summed E-state index contributed by atoms with van der Waals surface area (Å²) in [6, 6.07) is 9.91. The molecule has 0 radical (unpaired) electrons. The van der Waals surface area contributed by atoms with Crippen LogP contribution in [0.2, 0.25) is 0 Å². The van der Waals surface area contributed by atoms with Gasteiger partial charge in [-0.3, -0.25) is 9.59 Å². The van der Waals surface area contributed by atoms with Gasteiger partial charge < -0.3 is 24.1 Å². The zero-order valence-corrected chi connectivity index (χ0v) is 20.8. The van der Waals surface area contributed by atoms with Crippen LogP contribution in [0.5, 0.6) is 0 Å². The second-order valence-corrected chi connectivity index (χ2v) is 9.79. The molecule has 1 aromatic heterocycles. The Bertz CT molecular complexity index is 1040. The molecule has 7 heteroatoms. The highest BCUT2D eigenvalue weighted by Crippen LogP contribution is 2.52.